The molecule has 0 bridgehead atoms. The monoisotopic (exact) mass is 595 g/mol. The second kappa shape index (κ2) is 14.1. The van der Waals surface area contributed by atoms with E-state index in [0.29, 0.717) is 0 Å². The number of fused-ring (bicyclic) bond motifs is 3. The number of hydrogen-bond acceptors (Lipinski definition) is 8. The van der Waals surface area contributed by atoms with Crippen molar-refractivity contribution in [1.82, 2.24) is 5.32 Å². The maximum atomic E-state index is 13.5. The number of alkyl carbamates (subject to hydrolysis) is 1. The molecule has 0 spiro atoms. The molecular weight excluding hydrogens is 557 g/mol. The molecule has 224 valence electrons. The van der Waals surface area contributed by atoms with Crippen LogP contribution >= 0.6 is 7.60 Å². The van der Waals surface area contributed by atoms with Crippen molar-refractivity contribution in [2.24, 2.45) is 0 Å². The number of carbonyl (C=O) groups is 2. The Balaban J connectivity index is 1.48. The van der Waals surface area contributed by atoms with Crippen LogP contribution in [0.25, 0.3) is 11.1 Å². The van der Waals surface area contributed by atoms with Crippen LogP contribution in [0.1, 0.15) is 56.7 Å². The molecule has 10 heteroatoms. The number of aliphatic hydroxyl groups is 1. The van der Waals surface area contributed by atoms with Crippen molar-refractivity contribution < 1.29 is 37.8 Å². The summed E-state index contributed by atoms with van der Waals surface area (Å²) in [5.74, 6) is -2.73. The van der Waals surface area contributed by atoms with Gasteiger partial charge in [-0.25, -0.2) is 9.59 Å². The molecule has 3 aromatic rings. The molecule has 1 amide bonds. The van der Waals surface area contributed by atoms with Crippen molar-refractivity contribution in [3.8, 4) is 11.1 Å². The molecule has 0 saturated heterocycles. The standard InChI is InChI=1S/C32H38NO8P/c1-21(2)40-42(37,41-22(3)4)30(34)18-29(31(35)38-19-23-12-6-5-7-13-23)33-32(36)39-20-28-26-16-10-8-14-24(26)25-15-9-11-17-27(25)28/h5-17,21-22,28-30,34H,18-20H2,1-4H3,(H,33,36). The van der Waals surface area contributed by atoms with E-state index in [1.165, 1.54) is 0 Å². The lowest BCUT2D eigenvalue weighted by molar-refractivity contribution is -0.148. The molecule has 2 atom stereocenters. The molecule has 2 N–H and O–H groups in total. The minimum Gasteiger partial charge on any atom is -0.459 e. The van der Waals surface area contributed by atoms with E-state index < -0.39 is 50.2 Å². The second-order valence-electron chi connectivity index (χ2n) is 10.7. The highest BCUT2D eigenvalue weighted by atomic mass is 31.2. The van der Waals surface area contributed by atoms with Gasteiger partial charge in [0.15, 0.2) is 5.85 Å². The number of esters is 1. The van der Waals surface area contributed by atoms with Crippen LogP contribution in [0.4, 0.5) is 4.79 Å². The van der Waals surface area contributed by atoms with Gasteiger partial charge < -0.3 is 28.9 Å². The Morgan fingerprint density at radius 1 is 0.810 bits per heavy atom. The lowest BCUT2D eigenvalue weighted by Gasteiger charge is -2.28. The molecule has 0 radical (unpaired) electrons. The minimum absolute atomic E-state index is 0.0274. The average molecular weight is 596 g/mol. The van der Waals surface area contributed by atoms with Crippen LogP contribution in [0.15, 0.2) is 78.9 Å². The third-order valence-corrected chi connectivity index (χ3v) is 9.04. The topological polar surface area (TPSA) is 120 Å². The van der Waals surface area contributed by atoms with Crippen LogP contribution in [-0.4, -0.2) is 47.9 Å². The molecule has 1 aliphatic carbocycles. The van der Waals surface area contributed by atoms with E-state index in [1.807, 2.05) is 66.7 Å². The minimum atomic E-state index is -4.09. The summed E-state index contributed by atoms with van der Waals surface area (Å²) in [7, 11) is -4.09. The van der Waals surface area contributed by atoms with Crippen molar-refractivity contribution >= 4 is 19.7 Å². The van der Waals surface area contributed by atoms with E-state index in [1.54, 1.807) is 39.8 Å². The lowest BCUT2D eigenvalue weighted by Crippen LogP contribution is -2.44. The first-order chi connectivity index (χ1) is 20.1. The molecule has 0 aromatic heterocycles. The predicted molar refractivity (Wildman–Crippen MR) is 159 cm³/mol. The third-order valence-electron chi connectivity index (χ3n) is 6.67. The number of hydrogen-bond donors (Lipinski definition) is 2. The fourth-order valence-corrected chi connectivity index (χ4v) is 6.89. The molecular formula is C32H38NO8P. The van der Waals surface area contributed by atoms with E-state index in [9.17, 15) is 19.3 Å². The van der Waals surface area contributed by atoms with Crippen molar-refractivity contribution in [2.45, 2.75) is 70.7 Å². The number of amides is 1. The van der Waals surface area contributed by atoms with Gasteiger partial charge in [0, 0.05) is 12.3 Å². The number of aliphatic hydroxyl groups excluding tert-OH is 1. The first-order valence-electron chi connectivity index (χ1n) is 14.0. The Morgan fingerprint density at radius 2 is 1.33 bits per heavy atom. The Bertz CT molecular complexity index is 1350. The summed E-state index contributed by atoms with van der Waals surface area (Å²) in [5.41, 5.74) is 4.98. The fraction of sp³-hybridized carbons (Fsp3) is 0.375. The first kappa shape index (κ1) is 31.4. The van der Waals surface area contributed by atoms with Crippen LogP contribution < -0.4 is 5.32 Å². The van der Waals surface area contributed by atoms with Gasteiger partial charge in [-0.05, 0) is 55.5 Å². The van der Waals surface area contributed by atoms with Gasteiger partial charge in [0.05, 0.1) is 12.2 Å². The molecule has 9 nitrogen and oxygen atoms in total. The van der Waals surface area contributed by atoms with E-state index >= 15 is 0 Å². The molecule has 1 aliphatic rings. The lowest BCUT2D eigenvalue weighted by atomic mass is 9.98. The maximum absolute atomic E-state index is 13.5. The summed E-state index contributed by atoms with van der Waals surface area (Å²) < 4.78 is 35.5. The Hall–Kier alpha value is -3.49. The molecule has 3 aromatic carbocycles. The summed E-state index contributed by atoms with van der Waals surface area (Å²) in [6, 6.07) is 23.5. The molecule has 0 saturated carbocycles. The van der Waals surface area contributed by atoms with Crippen molar-refractivity contribution in [1.29, 1.82) is 0 Å². The van der Waals surface area contributed by atoms with Crippen LogP contribution in [0, 0.1) is 0 Å². The second-order valence-corrected chi connectivity index (χ2v) is 12.8. The van der Waals surface area contributed by atoms with Crippen LogP contribution in [0.2, 0.25) is 0 Å². The maximum Gasteiger partial charge on any atom is 0.407 e. The van der Waals surface area contributed by atoms with Crippen molar-refractivity contribution in [3.63, 3.8) is 0 Å². The predicted octanol–water partition coefficient (Wildman–Crippen LogP) is 6.39. The highest BCUT2D eigenvalue weighted by molar-refractivity contribution is 7.54. The van der Waals surface area contributed by atoms with Gasteiger partial charge in [0.25, 0.3) is 0 Å². The number of nitrogens with one attached hydrogen (secondary N) is 1. The summed E-state index contributed by atoms with van der Waals surface area (Å²) in [6.07, 6.45) is -2.41. The van der Waals surface area contributed by atoms with E-state index in [4.69, 9.17) is 18.5 Å². The zero-order valence-electron chi connectivity index (χ0n) is 24.3. The Labute approximate surface area is 246 Å². The SMILES string of the molecule is CC(C)OP(=O)(OC(C)C)C(O)CC(NC(=O)OCC1c2ccccc2-c2ccccc21)C(=O)OCc1ccccc1. The van der Waals surface area contributed by atoms with E-state index in [-0.39, 0.29) is 19.1 Å². The zero-order chi connectivity index (χ0) is 30.3. The van der Waals surface area contributed by atoms with Crippen molar-refractivity contribution in [3.05, 3.63) is 95.6 Å². The van der Waals surface area contributed by atoms with Gasteiger partial charge in [-0.2, -0.15) is 0 Å². The van der Waals surface area contributed by atoms with Gasteiger partial charge in [0.2, 0.25) is 0 Å². The van der Waals surface area contributed by atoms with Crippen LogP contribution in [-0.2, 0) is 34.5 Å². The highest BCUT2D eigenvalue weighted by Gasteiger charge is 2.41. The summed E-state index contributed by atoms with van der Waals surface area (Å²) in [4.78, 5) is 26.2. The first-order valence-corrected chi connectivity index (χ1v) is 15.6. The van der Waals surface area contributed by atoms with Gasteiger partial charge >= 0.3 is 19.7 Å². The Kier molecular flexibility index (Phi) is 10.6. The van der Waals surface area contributed by atoms with E-state index in [0.717, 1.165) is 27.8 Å². The summed E-state index contributed by atoms with van der Waals surface area (Å²) in [6.45, 7) is 6.60. The smallest absolute Gasteiger partial charge is 0.407 e. The Morgan fingerprint density at radius 3 is 1.88 bits per heavy atom. The summed E-state index contributed by atoms with van der Waals surface area (Å²) in [5, 5.41) is 13.5. The summed E-state index contributed by atoms with van der Waals surface area (Å²) >= 11 is 0. The quantitative estimate of drug-likeness (QED) is 0.172. The van der Waals surface area contributed by atoms with Gasteiger partial charge in [-0.3, -0.25) is 4.57 Å². The van der Waals surface area contributed by atoms with Crippen LogP contribution in [0.5, 0.6) is 0 Å². The average Bonchev–Trinajstić information content (AvgIpc) is 3.27. The fourth-order valence-electron chi connectivity index (χ4n) is 4.92. The number of rotatable bonds is 13. The van der Waals surface area contributed by atoms with Gasteiger partial charge in [0.1, 0.15) is 19.3 Å². The highest BCUT2D eigenvalue weighted by Crippen LogP contribution is 2.55. The van der Waals surface area contributed by atoms with Gasteiger partial charge in [-0.1, -0.05) is 78.9 Å². The molecule has 0 heterocycles. The normalized spacial score (nSPS) is 14.3. The largest absolute Gasteiger partial charge is 0.459 e. The van der Waals surface area contributed by atoms with Gasteiger partial charge in [-0.15, -0.1) is 0 Å². The molecule has 2 unspecified atom stereocenters. The molecule has 42 heavy (non-hydrogen) atoms. The number of carbonyl (C=O) groups excluding carboxylic acids is 2. The van der Waals surface area contributed by atoms with E-state index in [2.05, 4.69) is 5.32 Å². The van der Waals surface area contributed by atoms with Crippen molar-refractivity contribution in [2.75, 3.05) is 6.61 Å². The zero-order valence-corrected chi connectivity index (χ0v) is 25.2. The van der Waals surface area contributed by atoms with Crippen LogP contribution in [0.3, 0.4) is 0 Å². The third kappa shape index (κ3) is 7.86. The number of benzene rings is 3. The molecule has 0 aliphatic heterocycles. The molecule has 4 rings (SSSR count). The number of ether oxygens (including phenoxy) is 2. The molecule has 0 fully saturated rings.